The van der Waals surface area contributed by atoms with E-state index in [1.807, 2.05) is 0 Å². The highest BCUT2D eigenvalue weighted by Gasteiger charge is 2.09. The molecule has 0 aliphatic heterocycles. The molecule has 0 fully saturated rings. The molecule has 0 aliphatic rings. The van der Waals surface area contributed by atoms with E-state index in [9.17, 15) is 0 Å². The van der Waals surface area contributed by atoms with Crippen LogP contribution in [0.1, 0.15) is 20.3 Å². The van der Waals surface area contributed by atoms with Gasteiger partial charge < -0.3 is 4.90 Å². The largest absolute Gasteiger partial charge is 0.307 e. The second-order valence-corrected chi connectivity index (χ2v) is 5.08. The van der Waals surface area contributed by atoms with E-state index in [2.05, 4.69) is 39.4 Å². The Balaban J connectivity index is 3.75. The Labute approximate surface area is 73.9 Å². The van der Waals surface area contributed by atoms with Gasteiger partial charge in [0.25, 0.3) is 0 Å². The molecule has 0 amide bonds. The predicted molar refractivity (Wildman–Crippen MR) is 56.0 cm³/mol. The van der Waals surface area contributed by atoms with Crippen LogP contribution in [0, 0.1) is 5.92 Å². The lowest BCUT2D eigenvalue weighted by molar-refractivity contribution is 0.280. The van der Waals surface area contributed by atoms with Gasteiger partial charge in [-0.05, 0) is 33.4 Å². The summed E-state index contributed by atoms with van der Waals surface area (Å²) in [6.07, 6.45) is 1.25. The molecule has 0 aliphatic carbocycles. The van der Waals surface area contributed by atoms with E-state index in [1.165, 1.54) is 11.6 Å². The highest BCUT2D eigenvalue weighted by molar-refractivity contribution is 6.21. The van der Waals surface area contributed by atoms with Crippen LogP contribution in [0.5, 0.6) is 0 Å². The second-order valence-electron chi connectivity index (χ2n) is 3.80. The molecule has 0 radical (unpaired) electrons. The maximum Gasteiger partial charge on any atom is 0.0328 e. The Hall–Kier alpha value is -0.0831. The summed E-state index contributed by atoms with van der Waals surface area (Å²) in [6, 6.07) is 0.677. The van der Waals surface area contributed by atoms with E-state index in [-0.39, 0.29) is 0 Å². The van der Waals surface area contributed by atoms with Crippen molar-refractivity contribution in [3.05, 3.63) is 11.8 Å². The maximum absolute atomic E-state index is 4.01. The van der Waals surface area contributed by atoms with Crippen LogP contribution >= 0.6 is 0 Å². The monoisotopic (exact) mass is 171 g/mol. The lowest BCUT2D eigenvalue weighted by Gasteiger charge is -2.23. The minimum atomic E-state index is 0.677. The Morgan fingerprint density at radius 2 is 1.91 bits per heavy atom. The smallest absolute Gasteiger partial charge is 0.0328 e. The van der Waals surface area contributed by atoms with Gasteiger partial charge in [-0.1, -0.05) is 12.1 Å². The number of rotatable bonds is 4. The third-order valence-electron chi connectivity index (χ3n) is 2.42. The Morgan fingerprint density at radius 3 is 2.18 bits per heavy atom. The maximum atomic E-state index is 4.01. The molecule has 2 heteroatoms. The van der Waals surface area contributed by atoms with E-state index < -0.39 is 0 Å². The topological polar surface area (TPSA) is 3.24 Å². The van der Waals surface area contributed by atoms with E-state index in [1.54, 1.807) is 0 Å². The molecular weight excluding hydrogens is 150 g/mol. The molecule has 0 aromatic rings. The van der Waals surface area contributed by atoms with Gasteiger partial charge in [-0.2, -0.15) is 0 Å². The van der Waals surface area contributed by atoms with Crippen molar-refractivity contribution in [2.24, 2.45) is 5.92 Å². The number of nitrogens with zero attached hydrogens (tertiary/aromatic N) is 1. The van der Waals surface area contributed by atoms with Gasteiger partial charge in [-0.3, -0.25) is 0 Å². The van der Waals surface area contributed by atoms with Crippen molar-refractivity contribution in [3.8, 4) is 0 Å². The SMILES string of the molecule is C=C([SiH3])C(C)CC(C)N(C)C. The van der Waals surface area contributed by atoms with Crippen molar-refractivity contribution in [2.75, 3.05) is 14.1 Å². The minimum Gasteiger partial charge on any atom is -0.307 e. The van der Waals surface area contributed by atoms with Crippen molar-refractivity contribution >= 4 is 10.2 Å². The zero-order chi connectivity index (χ0) is 9.02. The quantitative estimate of drug-likeness (QED) is 0.567. The van der Waals surface area contributed by atoms with Crippen molar-refractivity contribution in [1.29, 1.82) is 0 Å². The fourth-order valence-electron chi connectivity index (χ4n) is 0.924. The number of allylic oxidation sites excluding steroid dienone is 1. The molecule has 2 unspecified atom stereocenters. The Bertz CT molecular complexity index is 132. The molecule has 2 atom stereocenters. The van der Waals surface area contributed by atoms with Crippen LogP contribution < -0.4 is 0 Å². The van der Waals surface area contributed by atoms with Gasteiger partial charge in [0, 0.05) is 16.3 Å². The van der Waals surface area contributed by atoms with Gasteiger partial charge in [0.15, 0.2) is 0 Å². The fraction of sp³-hybridized carbons (Fsp3) is 0.778. The molecule has 0 N–H and O–H groups in total. The van der Waals surface area contributed by atoms with E-state index >= 15 is 0 Å². The first kappa shape index (κ1) is 10.9. The fourth-order valence-corrected chi connectivity index (χ4v) is 1.16. The van der Waals surface area contributed by atoms with E-state index in [0.717, 1.165) is 10.2 Å². The Kier molecular flexibility index (Phi) is 4.69. The van der Waals surface area contributed by atoms with Crippen LogP contribution in [0.2, 0.25) is 0 Å². The first-order valence-corrected chi connectivity index (χ1v) is 5.27. The molecular formula is C9H21NSi. The van der Waals surface area contributed by atoms with Crippen molar-refractivity contribution < 1.29 is 0 Å². The number of hydrogen-bond donors (Lipinski definition) is 0. The molecule has 11 heavy (non-hydrogen) atoms. The van der Waals surface area contributed by atoms with Crippen LogP contribution in [0.4, 0.5) is 0 Å². The van der Waals surface area contributed by atoms with Crippen LogP contribution in [-0.4, -0.2) is 35.3 Å². The molecule has 0 saturated carbocycles. The summed E-state index contributed by atoms with van der Waals surface area (Å²) in [5.74, 6) is 0.707. The third-order valence-corrected chi connectivity index (χ3v) is 3.40. The summed E-state index contributed by atoms with van der Waals surface area (Å²) in [5.41, 5.74) is 0. The van der Waals surface area contributed by atoms with Gasteiger partial charge in [-0.15, -0.1) is 6.58 Å². The van der Waals surface area contributed by atoms with Gasteiger partial charge in [0.2, 0.25) is 0 Å². The van der Waals surface area contributed by atoms with Gasteiger partial charge in [-0.25, -0.2) is 0 Å². The first-order chi connectivity index (χ1) is 4.95. The zero-order valence-corrected chi connectivity index (χ0v) is 10.5. The highest BCUT2D eigenvalue weighted by Crippen LogP contribution is 2.13. The summed E-state index contributed by atoms with van der Waals surface area (Å²) in [4.78, 5) is 2.26. The summed E-state index contributed by atoms with van der Waals surface area (Å²) in [7, 11) is 5.41. The highest BCUT2D eigenvalue weighted by atomic mass is 28.1. The second kappa shape index (κ2) is 4.73. The predicted octanol–water partition coefficient (Wildman–Crippen LogP) is 0.842. The van der Waals surface area contributed by atoms with Gasteiger partial charge in [0.1, 0.15) is 0 Å². The molecule has 0 aromatic carbocycles. The average Bonchev–Trinajstić information content (AvgIpc) is 1.87. The van der Waals surface area contributed by atoms with Crippen LogP contribution in [-0.2, 0) is 0 Å². The van der Waals surface area contributed by atoms with E-state index in [4.69, 9.17) is 0 Å². The molecule has 0 heterocycles. The van der Waals surface area contributed by atoms with Crippen molar-refractivity contribution in [1.82, 2.24) is 4.90 Å². The summed E-state index contributed by atoms with van der Waals surface area (Å²) in [6.45, 7) is 8.55. The minimum absolute atomic E-state index is 0.677. The lowest BCUT2D eigenvalue weighted by atomic mass is 10.0. The zero-order valence-electron chi connectivity index (χ0n) is 8.52. The van der Waals surface area contributed by atoms with Gasteiger partial charge >= 0.3 is 0 Å². The number of hydrogen-bond acceptors (Lipinski definition) is 1. The average molecular weight is 171 g/mol. The molecule has 0 aromatic heterocycles. The van der Waals surface area contributed by atoms with Gasteiger partial charge in [0.05, 0.1) is 0 Å². The van der Waals surface area contributed by atoms with Crippen LogP contribution in [0.3, 0.4) is 0 Å². The summed E-state index contributed by atoms with van der Waals surface area (Å²) >= 11 is 0. The molecule has 0 bridgehead atoms. The standard InChI is InChI=1S/C9H21NSi/c1-7(9(3)11)6-8(2)10(4)5/h7-8H,3,6H2,1-2,4-5,11H3. The van der Waals surface area contributed by atoms with E-state index in [0.29, 0.717) is 12.0 Å². The molecule has 0 rings (SSSR count). The first-order valence-electron chi connectivity index (χ1n) is 4.27. The Morgan fingerprint density at radius 1 is 1.45 bits per heavy atom. The molecule has 0 spiro atoms. The van der Waals surface area contributed by atoms with Crippen molar-refractivity contribution in [3.63, 3.8) is 0 Å². The summed E-state index contributed by atoms with van der Waals surface area (Å²) in [5, 5.41) is 1.43. The molecule has 1 nitrogen and oxygen atoms in total. The molecule has 66 valence electrons. The van der Waals surface area contributed by atoms with Crippen LogP contribution in [0.25, 0.3) is 0 Å². The normalized spacial score (nSPS) is 16.8. The lowest BCUT2D eigenvalue weighted by Crippen LogP contribution is -2.26. The molecule has 0 saturated heterocycles. The summed E-state index contributed by atoms with van der Waals surface area (Å²) < 4.78 is 0. The third kappa shape index (κ3) is 4.38. The van der Waals surface area contributed by atoms with Crippen molar-refractivity contribution in [2.45, 2.75) is 26.3 Å². The van der Waals surface area contributed by atoms with Crippen LogP contribution in [0.15, 0.2) is 11.8 Å².